The summed E-state index contributed by atoms with van der Waals surface area (Å²) in [6, 6.07) is -0.327. The number of hydrogen-bond donors (Lipinski definition) is 2. The highest BCUT2D eigenvalue weighted by Crippen LogP contribution is 2.22. The summed E-state index contributed by atoms with van der Waals surface area (Å²) in [5.41, 5.74) is 5.76. The van der Waals surface area contributed by atoms with Gasteiger partial charge in [0.25, 0.3) is 0 Å². The number of amides is 1. The Morgan fingerprint density at radius 2 is 2.53 bits per heavy atom. The van der Waals surface area contributed by atoms with Crippen LogP contribution < -0.4 is 11.1 Å². The minimum absolute atomic E-state index is 0.0148. The highest BCUT2D eigenvalue weighted by atomic mass is 32.2. The first-order chi connectivity index (χ1) is 7.24. The molecule has 0 aliphatic carbocycles. The van der Waals surface area contributed by atoms with Crippen LogP contribution >= 0.6 is 23.5 Å². The summed E-state index contributed by atoms with van der Waals surface area (Å²) in [5, 5.41) is 2.95. The SMILES string of the molecule is CSCC[C@@H](N)C(=O)NCC1CCSC1. The molecule has 1 heterocycles. The van der Waals surface area contributed by atoms with Crippen molar-refractivity contribution in [1.82, 2.24) is 5.32 Å². The first kappa shape index (κ1) is 13.2. The van der Waals surface area contributed by atoms with E-state index in [1.165, 1.54) is 17.9 Å². The molecule has 3 N–H and O–H groups in total. The minimum Gasteiger partial charge on any atom is -0.354 e. The van der Waals surface area contributed by atoms with Crippen molar-refractivity contribution in [2.45, 2.75) is 18.9 Å². The van der Waals surface area contributed by atoms with Gasteiger partial charge < -0.3 is 11.1 Å². The third-order valence-electron chi connectivity index (χ3n) is 2.56. The zero-order valence-electron chi connectivity index (χ0n) is 9.20. The molecule has 1 aliphatic heterocycles. The molecule has 0 spiro atoms. The molecule has 0 aromatic carbocycles. The molecule has 1 amide bonds. The summed E-state index contributed by atoms with van der Waals surface area (Å²) in [7, 11) is 0. The largest absolute Gasteiger partial charge is 0.354 e. The van der Waals surface area contributed by atoms with Crippen molar-refractivity contribution in [3.8, 4) is 0 Å². The molecule has 0 saturated carbocycles. The molecule has 88 valence electrons. The Morgan fingerprint density at radius 3 is 3.13 bits per heavy atom. The molecule has 1 fully saturated rings. The molecule has 1 unspecified atom stereocenters. The number of nitrogens with one attached hydrogen (secondary N) is 1. The van der Waals surface area contributed by atoms with E-state index in [9.17, 15) is 4.79 Å². The molecule has 15 heavy (non-hydrogen) atoms. The van der Waals surface area contributed by atoms with Crippen molar-refractivity contribution in [3.05, 3.63) is 0 Å². The van der Waals surface area contributed by atoms with Crippen molar-refractivity contribution in [2.24, 2.45) is 11.7 Å². The maximum Gasteiger partial charge on any atom is 0.236 e. The van der Waals surface area contributed by atoms with Gasteiger partial charge in [-0.3, -0.25) is 4.79 Å². The predicted octanol–water partition coefficient (Wildman–Crippen LogP) is 0.936. The fourth-order valence-corrected chi connectivity index (χ4v) is 3.27. The molecule has 1 saturated heterocycles. The predicted molar refractivity (Wildman–Crippen MR) is 69.4 cm³/mol. The van der Waals surface area contributed by atoms with E-state index in [0.29, 0.717) is 5.92 Å². The van der Waals surface area contributed by atoms with Crippen LogP contribution in [0.3, 0.4) is 0 Å². The van der Waals surface area contributed by atoms with E-state index in [0.717, 1.165) is 18.7 Å². The average molecular weight is 248 g/mol. The van der Waals surface area contributed by atoms with Crippen molar-refractivity contribution in [2.75, 3.05) is 30.1 Å². The van der Waals surface area contributed by atoms with Crippen LogP contribution in [0.25, 0.3) is 0 Å². The summed E-state index contributed by atoms with van der Waals surface area (Å²) in [6.07, 6.45) is 4.03. The van der Waals surface area contributed by atoms with Gasteiger partial charge in [-0.05, 0) is 42.3 Å². The molecular formula is C10H20N2OS2. The van der Waals surface area contributed by atoms with E-state index < -0.39 is 0 Å². The van der Waals surface area contributed by atoms with Crippen LogP contribution in [0.2, 0.25) is 0 Å². The van der Waals surface area contributed by atoms with Gasteiger partial charge in [-0.15, -0.1) is 0 Å². The van der Waals surface area contributed by atoms with Crippen molar-refractivity contribution >= 4 is 29.4 Å². The van der Waals surface area contributed by atoms with Crippen LogP contribution in [0, 0.1) is 5.92 Å². The Balaban J connectivity index is 2.11. The van der Waals surface area contributed by atoms with E-state index in [4.69, 9.17) is 5.73 Å². The van der Waals surface area contributed by atoms with Gasteiger partial charge in [0.2, 0.25) is 5.91 Å². The van der Waals surface area contributed by atoms with Gasteiger partial charge in [0.05, 0.1) is 6.04 Å². The van der Waals surface area contributed by atoms with E-state index in [-0.39, 0.29) is 11.9 Å². The highest BCUT2D eigenvalue weighted by Gasteiger charge is 2.18. The van der Waals surface area contributed by atoms with Gasteiger partial charge in [0.15, 0.2) is 0 Å². The lowest BCUT2D eigenvalue weighted by Crippen LogP contribution is -2.42. The highest BCUT2D eigenvalue weighted by molar-refractivity contribution is 7.99. The van der Waals surface area contributed by atoms with Crippen LogP contribution in [0.15, 0.2) is 0 Å². The molecular weight excluding hydrogens is 228 g/mol. The van der Waals surface area contributed by atoms with E-state index >= 15 is 0 Å². The van der Waals surface area contributed by atoms with Crippen LogP contribution in [-0.4, -0.2) is 42.0 Å². The molecule has 1 aliphatic rings. The number of carbonyl (C=O) groups excluding carboxylic acids is 1. The van der Waals surface area contributed by atoms with Crippen LogP contribution in [-0.2, 0) is 4.79 Å². The number of carbonyl (C=O) groups is 1. The molecule has 0 aromatic heterocycles. The quantitative estimate of drug-likeness (QED) is 0.734. The number of thioether (sulfide) groups is 2. The molecule has 0 radical (unpaired) electrons. The Labute approximate surface area is 100 Å². The third-order valence-corrected chi connectivity index (χ3v) is 4.43. The topological polar surface area (TPSA) is 55.1 Å². The minimum atomic E-state index is -0.327. The van der Waals surface area contributed by atoms with Crippen molar-refractivity contribution in [3.63, 3.8) is 0 Å². The van der Waals surface area contributed by atoms with E-state index in [1.54, 1.807) is 11.8 Å². The number of hydrogen-bond acceptors (Lipinski definition) is 4. The first-order valence-corrected chi connectivity index (χ1v) is 7.89. The normalized spacial score (nSPS) is 22.7. The molecule has 1 rings (SSSR count). The van der Waals surface area contributed by atoms with Gasteiger partial charge in [-0.1, -0.05) is 0 Å². The fraction of sp³-hybridized carbons (Fsp3) is 0.900. The summed E-state index contributed by atoms with van der Waals surface area (Å²) in [5.74, 6) is 4.04. The lowest BCUT2D eigenvalue weighted by Gasteiger charge is -2.14. The van der Waals surface area contributed by atoms with E-state index in [1.807, 2.05) is 18.0 Å². The Kier molecular flexibility index (Phi) is 6.52. The van der Waals surface area contributed by atoms with E-state index in [2.05, 4.69) is 5.32 Å². The third kappa shape index (κ3) is 5.13. The maximum atomic E-state index is 11.6. The van der Waals surface area contributed by atoms with Gasteiger partial charge in [-0.2, -0.15) is 23.5 Å². The summed E-state index contributed by atoms with van der Waals surface area (Å²) < 4.78 is 0. The number of rotatable bonds is 6. The Bertz CT molecular complexity index is 196. The zero-order valence-corrected chi connectivity index (χ0v) is 10.8. The van der Waals surface area contributed by atoms with Crippen LogP contribution in [0.4, 0.5) is 0 Å². The Morgan fingerprint density at radius 1 is 1.73 bits per heavy atom. The molecule has 3 nitrogen and oxygen atoms in total. The van der Waals surface area contributed by atoms with Gasteiger partial charge in [-0.25, -0.2) is 0 Å². The monoisotopic (exact) mass is 248 g/mol. The summed E-state index contributed by atoms with van der Waals surface area (Å²) in [4.78, 5) is 11.6. The Hall–Kier alpha value is 0.130. The smallest absolute Gasteiger partial charge is 0.236 e. The zero-order chi connectivity index (χ0) is 11.1. The van der Waals surface area contributed by atoms with Crippen molar-refractivity contribution < 1.29 is 4.79 Å². The van der Waals surface area contributed by atoms with Gasteiger partial charge >= 0.3 is 0 Å². The van der Waals surface area contributed by atoms with Crippen LogP contribution in [0.1, 0.15) is 12.8 Å². The van der Waals surface area contributed by atoms with Crippen molar-refractivity contribution in [1.29, 1.82) is 0 Å². The second-order valence-electron chi connectivity index (χ2n) is 3.86. The summed E-state index contributed by atoms with van der Waals surface area (Å²) in [6.45, 7) is 0.804. The molecule has 0 aromatic rings. The van der Waals surface area contributed by atoms with Gasteiger partial charge in [0.1, 0.15) is 0 Å². The molecule has 5 heteroatoms. The summed E-state index contributed by atoms with van der Waals surface area (Å²) >= 11 is 3.70. The van der Waals surface area contributed by atoms with Crippen LogP contribution in [0.5, 0.6) is 0 Å². The standard InChI is InChI=1S/C10H20N2OS2/c1-14-4-3-9(11)10(13)12-6-8-2-5-15-7-8/h8-9H,2-7,11H2,1H3,(H,12,13)/t8?,9-/m1/s1. The maximum absolute atomic E-state index is 11.6. The lowest BCUT2D eigenvalue weighted by atomic mass is 10.1. The molecule has 0 bridgehead atoms. The number of nitrogens with two attached hydrogens (primary N) is 1. The van der Waals surface area contributed by atoms with Gasteiger partial charge in [0, 0.05) is 6.54 Å². The average Bonchev–Trinajstić information content (AvgIpc) is 2.75. The lowest BCUT2D eigenvalue weighted by molar-refractivity contribution is -0.122. The first-order valence-electron chi connectivity index (χ1n) is 5.34. The fourth-order valence-electron chi connectivity index (χ4n) is 1.50. The second kappa shape index (κ2) is 7.41. The second-order valence-corrected chi connectivity index (χ2v) is 6.00. The molecule has 2 atom stereocenters.